The van der Waals surface area contributed by atoms with E-state index in [-0.39, 0.29) is 28.4 Å². The van der Waals surface area contributed by atoms with Crippen LogP contribution in [0.2, 0.25) is 0 Å². The van der Waals surface area contributed by atoms with Gasteiger partial charge in [0.1, 0.15) is 11.5 Å². The Morgan fingerprint density at radius 2 is 2.19 bits per heavy atom. The quantitative estimate of drug-likeness (QED) is 0.725. The summed E-state index contributed by atoms with van der Waals surface area (Å²) < 4.78 is 13.9. The maximum atomic E-state index is 13.9. The van der Waals surface area contributed by atoms with Crippen LogP contribution in [-0.2, 0) is 4.79 Å². The Balaban J connectivity index is 1.62. The zero-order valence-corrected chi connectivity index (χ0v) is 14.3. The van der Waals surface area contributed by atoms with Crippen LogP contribution in [0.1, 0.15) is 23.3 Å². The molecule has 0 saturated carbocycles. The van der Waals surface area contributed by atoms with Gasteiger partial charge < -0.3 is 20.9 Å². The first-order chi connectivity index (χ1) is 12.5. The number of likely N-dealkylation sites (tertiary alicyclic amines) is 1. The summed E-state index contributed by atoms with van der Waals surface area (Å²) in [5.41, 5.74) is 4.98. The lowest BCUT2D eigenvalue weighted by molar-refractivity contribution is -0.123. The molecule has 138 valence electrons. The summed E-state index contributed by atoms with van der Waals surface area (Å²) in [5, 5.41) is 2.91. The molecule has 1 aliphatic heterocycles. The number of hydrogen-bond acceptors (Lipinski definition) is 4. The highest BCUT2D eigenvalue weighted by Crippen LogP contribution is 2.15. The lowest BCUT2D eigenvalue weighted by Crippen LogP contribution is -2.44. The van der Waals surface area contributed by atoms with Gasteiger partial charge in [-0.1, -0.05) is 6.07 Å². The number of halogens is 1. The Hall–Kier alpha value is -2.74. The Morgan fingerprint density at radius 3 is 2.96 bits per heavy atom. The molecule has 8 heteroatoms. The molecule has 3 rings (SSSR count). The molecule has 2 amide bonds. The number of primary amides is 1. The van der Waals surface area contributed by atoms with E-state index in [2.05, 4.69) is 15.2 Å². The average molecular weight is 360 g/mol. The van der Waals surface area contributed by atoms with Gasteiger partial charge in [0, 0.05) is 31.1 Å². The lowest BCUT2D eigenvalue weighted by Gasteiger charge is -2.31. The second-order valence-corrected chi connectivity index (χ2v) is 6.51. The van der Waals surface area contributed by atoms with E-state index < -0.39 is 17.2 Å². The highest BCUT2D eigenvalue weighted by molar-refractivity contribution is 5.94. The van der Waals surface area contributed by atoms with Crippen molar-refractivity contribution in [1.29, 1.82) is 0 Å². The first-order valence-corrected chi connectivity index (χ1v) is 8.57. The third-order valence-electron chi connectivity index (χ3n) is 4.68. The van der Waals surface area contributed by atoms with Crippen molar-refractivity contribution in [2.24, 2.45) is 11.7 Å². The van der Waals surface area contributed by atoms with E-state index in [0.717, 1.165) is 19.4 Å². The number of para-hydroxylation sites is 1. The van der Waals surface area contributed by atoms with Gasteiger partial charge in [-0.05, 0) is 31.5 Å². The van der Waals surface area contributed by atoms with Crippen LogP contribution in [0, 0.1) is 11.7 Å². The minimum atomic E-state index is -0.583. The SMILES string of the molecule is NC(=O)[C@H]1CCCN(CCNC(=O)c2cc(=O)c3cccc(F)c3[nH]2)C1. The normalized spacial score (nSPS) is 18.0. The monoisotopic (exact) mass is 360 g/mol. The van der Waals surface area contributed by atoms with E-state index >= 15 is 0 Å². The van der Waals surface area contributed by atoms with Gasteiger partial charge in [-0.2, -0.15) is 0 Å². The molecule has 2 heterocycles. The molecule has 0 unspecified atom stereocenters. The van der Waals surface area contributed by atoms with Gasteiger partial charge in [0.2, 0.25) is 5.91 Å². The van der Waals surface area contributed by atoms with Crippen molar-refractivity contribution in [1.82, 2.24) is 15.2 Å². The molecule has 7 nitrogen and oxygen atoms in total. The second kappa shape index (κ2) is 7.65. The molecule has 0 aliphatic carbocycles. The van der Waals surface area contributed by atoms with Crippen molar-refractivity contribution >= 4 is 22.7 Å². The summed E-state index contributed by atoms with van der Waals surface area (Å²) in [7, 11) is 0. The van der Waals surface area contributed by atoms with Gasteiger partial charge in [-0.25, -0.2) is 4.39 Å². The Labute approximate surface area is 149 Å². The minimum Gasteiger partial charge on any atom is -0.369 e. The number of nitrogens with one attached hydrogen (secondary N) is 2. The molecule has 0 bridgehead atoms. The van der Waals surface area contributed by atoms with Gasteiger partial charge in [-0.15, -0.1) is 0 Å². The number of fused-ring (bicyclic) bond motifs is 1. The van der Waals surface area contributed by atoms with Crippen molar-refractivity contribution in [3.05, 3.63) is 46.0 Å². The number of amides is 2. The number of benzene rings is 1. The number of rotatable bonds is 5. The molecular weight excluding hydrogens is 339 g/mol. The standard InChI is InChI=1S/C18H21FN4O3/c19-13-5-1-4-12-15(24)9-14(22-16(12)13)18(26)21-6-8-23-7-2-3-11(10-23)17(20)25/h1,4-5,9,11H,2-3,6-8,10H2,(H2,20,25)(H,21,26)(H,22,24)/t11-/m0/s1. The molecule has 0 spiro atoms. The first-order valence-electron chi connectivity index (χ1n) is 8.57. The Kier molecular flexibility index (Phi) is 5.32. The van der Waals surface area contributed by atoms with Gasteiger partial charge in [0.15, 0.2) is 5.43 Å². The number of H-pyrrole nitrogens is 1. The molecular formula is C18H21FN4O3. The number of carbonyl (C=O) groups excluding carboxylic acids is 2. The van der Waals surface area contributed by atoms with Crippen LogP contribution >= 0.6 is 0 Å². The van der Waals surface area contributed by atoms with Gasteiger partial charge >= 0.3 is 0 Å². The molecule has 4 N–H and O–H groups in total. The molecule has 1 fully saturated rings. The van der Waals surface area contributed by atoms with Crippen LogP contribution in [0.3, 0.4) is 0 Å². The van der Waals surface area contributed by atoms with Crippen molar-refractivity contribution in [2.45, 2.75) is 12.8 Å². The summed E-state index contributed by atoms with van der Waals surface area (Å²) in [6, 6.07) is 5.35. The van der Waals surface area contributed by atoms with Crippen molar-refractivity contribution in [2.75, 3.05) is 26.2 Å². The van der Waals surface area contributed by atoms with E-state index in [1.807, 2.05) is 0 Å². The predicted octanol–water partition coefficient (Wildman–Crippen LogP) is 0.594. The highest BCUT2D eigenvalue weighted by Gasteiger charge is 2.23. The number of aromatic amines is 1. The van der Waals surface area contributed by atoms with Crippen LogP contribution in [0.4, 0.5) is 4.39 Å². The molecule has 1 atom stereocenters. The Bertz CT molecular complexity index is 896. The maximum Gasteiger partial charge on any atom is 0.267 e. The summed E-state index contributed by atoms with van der Waals surface area (Å²) >= 11 is 0. The summed E-state index contributed by atoms with van der Waals surface area (Å²) in [6.45, 7) is 2.35. The van der Waals surface area contributed by atoms with E-state index in [0.29, 0.717) is 19.6 Å². The Morgan fingerprint density at radius 1 is 1.38 bits per heavy atom. The molecule has 1 aromatic heterocycles. The van der Waals surface area contributed by atoms with Crippen LogP contribution < -0.4 is 16.5 Å². The fraction of sp³-hybridized carbons (Fsp3) is 0.389. The lowest BCUT2D eigenvalue weighted by atomic mass is 9.97. The van der Waals surface area contributed by atoms with Gasteiger partial charge in [0.25, 0.3) is 5.91 Å². The van der Waals surface area contributed by atoms with E-state index in [4.69, 9.17) is 5.73 Å². The highest BCUT2D eigenvalue weighted by atomic mass is 19.1. The third kappa shape index (κ3) is 3.91. The molecule has 2 aromatic rings. The predicted molar refractivity (Wildman–Crippen MR) is 95.2 cm³/mol. The third-order valence-corrected chi connectivity index (χ3v) is 4.68. The average Bonchev–Trinajstić information content (AvgIpc) is 2.62. The molecule has 1 saturated heterocycles. The summed E-state index contributed by atoms with van der Waals surface area (Å²) in [4.78, 5) is 40.4. The van der Waals surface area contributed by atoms with Crippen LogP contribution in [-0.4, -0.2) is 47.9 Å². The van der Waals surface area contributed by atoms with Crippen LogP contribution in [0.5, 0.6) is 0 Å². The fourth-order valence-electron chi connectivity index (χ4n) is 3.27. The number of pyridine rings is 1. The van der Waals surface area contributed by atoms with Gasteiger partial charge in [-0.3, -0.25) is 14.4 Å². The zero-order chi connectivity index (χ0) is 18.7. The number of nitrogens with zero attached hydrogens (tertiary/aromatic N) is 1. The number of carbonyl (C=O) groups is 2. The first kappa shape index (κ1) is 18.1. The van der Waals surface area contributed by atoms with E-state index in [1.165, 1.54) is 24.3 Å². The molecule has 1 aliphatic rings. The van der Waals surface area contributed by atoms with Gasteiger partial charge in [0.05, 0.1) is 11.4 Å². The smallest absolute Gasteiger partial charge is 0.267 e. The second-order valence-electron chi connectivity index (χ2n) is 6.51. The number of nitrogens with two attached hydrogens (primary N) is 1. The molecule has 26 heavy (non-hydrogen) atoms. The molecule has 1 aromatic carbocycles. The van der Waals surface area contributed by atoms with Crippen molar-refractivity contribution in [3.63, 3.8) is 0 Å². The number of aromatic nitrogens is 1. The number of piperidine rings is 1. The van der Waals surface area contributed by atoms with Crippen molar-refractivity contribution in [3.8, 4) is 0 Å². The minimum absolute atomic E-state index is 0.0151. The van der Waals surface area contributed by atoms with Crippen molar-refractivity contribution < 1.29 is 14.0 Å². The van der Waals surface area contributed by atoms with Crippen LogP contribution in [0.15, 0.2) is 29.1 Å². The van der Waals surface area contributed by atoms with Crippen LogP contribution in [0.25, 0.3) is 10.9 Å². The topological polar surface area (TPSA) is 108 Å². The summed E-state index contributed by atoms with van der Waals surface area (Å²) in [5.74, 6) is -1.51. The fourth-order valence-corrected chi connectivity index (χ4v) is 3.27. The maximum absolute atomic E-state index is 13.9. The van der Waals surface area contributed by atoms with E-state index in [1.54, 1.807) is 0 Å². The number of hydrogen-bond donors (Lipinski definition) is 3. The van der Waals surface area contributed by atoms with E-state index in [9.17, 15) is 18.8 Å². The largest absolute Gasteiger partial charge is 0.369 e. The zero-order valence-electron chi connectivity index (χ0n) is 14.3. The molecule has 0 radical (unpaired) electrons. The summed E-state index contributed by atoms with van der Waals surface area (Å²) in [6.07, 6.45) is 1.68.